The molecule has 1 atom stereocenters. The Kier molecular flexibility index (Phi) is 7.51. The molecular formula is C14H20BrClN2O2. The Hall–Kier alpha value is -0.620. The van der Waals surface area contributed by atoms with Crippen molar-refractivity contribution in [3.05, 3.63) is 34.3 Å². The van der Waals surface area contributed by atoms with Crippen LogP contribution in [0.2, 0.25) is 0 Å². The second-order valence-electron chi connectivity index (χ2n) is 4.82. The van der Waals surface area contributed by atoms with Crippen molar-refractivity contribution in [3.8, 4) is 0 Å². The molecule has 0 aliphatic carbocycles. The topological polar surface area (TPSA) is 61.4 Å². The van der Waals surface area contributed by atoms with E-state index in [9.17, 15) is 9.90 Å². The van der Waals surface area contributed by atoms with Gasteiger partial charge in [0.1, 0.15) is 0 Å². The van der Waals surface area contributed by atoms with Crippen LogP contribution >= 0.6 is 28.3 Å². The van der Waals surface area contributed by atoms with Gasteiger partial charge in [-0.3, -0.25) is 4.79 Å². The van der Waals surface area contributed by atoms with Crippen molar-refractivity contribution in [1.29, 1.82) is 0 Å². The quantitative estimate of drug-likeness (QED) is 0.767. The SMILES string of the molecule is Cl.O=C(NC(CO)c1cccc(Br)c1)C1CCNCC1. The van der Waals surface area contributed by atoms with E-state index >= 15 is 0 Å². The number of halogens is 2. The van der Waals surface area contributed by atoms with Crippen LogP contribution < -0.4 is 10.6 Å². The molecule has 0 aromatic heterocycles. The molecule has 0 spiro atoms. The number of carbonyl (C=O) groups is 1. The first-order chi connectivity index (χ1) is 9.20. The average molecular weight is 364 g/mol. The van der Waals surface area contributed by atoms with Gasteiger partial charge >= 0.3 is 0 Å². The maximum Gasteiger partial charge on any atom is 0.223 e. The van der Waals surface area contributed by atoms with E-state index in [1.54, 1.807) is 0 Å². The minimum absolute atomic E-state index is 0. The monoisotopic (exact) mass is 362 g/mol. The Balaban J connectivity index is 0.00000200. The fourth-order valence-corrected chi connectivity index (χ4v) is 2.75. The summed E-state index contributed by atoms with van der Waals surface area (Å²) in [7, 11) is 0. The molecule has 0 radical (unpaired) electrons. The minimum Gasteiger partial charge on any atom is -0.394 e. The third kappa shape index (κ3) is 4.74. The lowest BCUT2D eigenvalue weighted by Crippen LogP contribution is -2.40. The number of carbonyl (C=O) groups excluding carboxylic acids is 1. The Morgan fingerprint density at radius 2 is 2.15 bits per heavy atom. The number of aliphatic hydroxyl groups excluding tert-OH is 1. The Morgan fingerprint density at radius 3 is 2.75 bits per heavy atom. The van der Waals surface area contributed by atoms with E-state index < -0.39 is 0 Å². The first kappa shape index (κ1) is 17.4. The van der Waals surface area contributed by atoms with E-state index in [0.29, 0.717) is 0 Å². The van der Waals surface area contributed by atoms with E-state index in [4.69, 9.17) is 0 Å². The Morgan fingerprint density at radius 1 is 1.45 bits per heavy atom. The van der Waals surface area contributed by atoms with Gasteiger partial charge in [-0.1, -0.05) is 28.1 Å². The Labute approximate surface area is 133 Å². The summed E-state index contributed by atoms with van der Waals surface area (Å²) < 4.78 is 0.944. The fraction of sp³-hybridized carbons (Fsp3) is 0.500. The molecule has 3 N–H and O–H groups in total. The second kappa shape index (κ2) is 8.62. The van der Waals surface area contributed by atoms with Crippen molar-refractivity contribution in [2.45, 2.75) is 18.9 Å². The van der Waals surface area contributed by atoms with Gasteiger partial charge in [0.25, 0.3) is 0 Å². The first-order valence-corrected chi connectivity index (χ1v) is 7.37. The van der Waals surface area contributed by atoms with Crippen LogP contribution in [0.25, 0.3) is 0 Å². The summed E-state index contributed by atoms with van der Waals surface area (Å²) >= 11 is 3.40. The van der Waals surface area contributed by atoms with E-state index in [2.05, 4.69) is 26.6 Å². The van der Waals surface area contributed by atoms with Gasteiger partial charge in [0, 0.05) is 10.4 Å². The summed E-state index contributed by atoms with van der Waals surface area (Å²) in [5.41, 5.74) is 0.916. The highest BCUT2D eigenvalue weighted by Gasteiger charge is 2.23. The van der Waals surface area contributed by atoms with Gasteiger partial charge in [0.15, 0.2) is 0 Å². The summed E-state index contributed by atoms with van der Waals surface area (Å²) in [6.45, 7) is 1.69. The average Bonchev–Trinajstić information content (AvgIpc) is 2.45. The van der Waals surface area contributed by atoms with Gasteiger partial charge in [0.2, 0.25) is 5.91 Å². The molecule has 112 valence electrons. The third-order valence-electron chi connectivity index (χ3n) is 3.46. The molecule has 2 rings (SSSR count). The number of hydrogen-bond acceptors (Lipinski definition) is 3. The molecule has 1 saturated heterocycles. The lowest BCUT2D eigenvalue weighted by atomic mass is 9.96. The van der Waals surface area contributed by atoms with Gasteiger partial charge in [-0.2, -0.15) is 0 Å². The molecule has 1 aliphatic heterocycles. The van der Waals surface area contributed by atoms with Crippen LogP contribution in [0.1, 0.15) is 24.4 Å². The second-order valence-corrected chi connectivity index (χ2v) is 5.74. The van der Waals surface area contributed by atoms with Gasteiger partial charge in [-0.15, -0.1) is 12.4 Å². The number of hydrogen-bond donors (Lipinski definition) is 3. The normalized spacial score (nSPS) is 17.1. The van der Waals surface area contributed by atoms with Gasteiger partial charge < -0.3 is 15.7 Å². The number of nitrogens with one attached hydrogen (secondary N) is 2. The zero-order chi connectivity index (χ0) is 13.7. The predicted octanol–water partition coefficient (Wildman–Crippen LogP) is 2.02. The molecule has 1 unspecified atom stereocenters. The molecule has 1 aliphatic rings. The first-order valence-electron chi connectivity index (χ1n) is 6.58. The molecule has 1 aromatic rings. The van der Waals surface area contributed by atoms with Crippen LogP contribution in [0.15, 0.2) is 28.7 Å². The van der Waals surface area contributed by atoms with Crippen molar-refractivity contribution in [2.24, 2.45) is 5.92 Å². The molecule has 0 bridgehead atoms. The van der Waals surface area contributed by atoms with Gasteiger partial charge in [-0.25, -0.2) is 0 Å². The summed E-state index contributed by atoms with van der Waals surface area (Å²) in [5, 5.41) is 15.7. The van der Waals surface area contributed by atoms with Crippen molar-refractivity contribution in [3.63, 3.8) is 0 Å². The van der Waals surface area contributed by atoms with Crippen LogP contribution in [-0.2, 0) is 4.79 Å². The number of piperidine rings is 1. The predicted molar refractivity (Wildman–Crippen MR) is 85.0 cm³/mol. The van der Waals surface area contributed by atoms with Gasteiger partial charge in [0.05, 0.1) is 12.6 Å². The zero-order valence-electron chi connectivity index (χ0n) is 11.1. The molecule has 1 amide bonds. The smallest absolute Gasteiger partial charge is 0.223 e. The largest absolute Gasteiger partial charge is 0.394 e. The third-order valence-corrected chi connectivity index (χ3v) is 3.95. The molecule has 20 heavy (non-hydrogen) atoms. The standard InChI is InChI=1S/C14H19BrN2O2.ClH/c15-12-3-1-2-11(8-12)13(9-18)17-14(19)10-4-6-16-7-5-10;/h1-3,8,10,13,16,18H,4-7,9H2,(H,17,19);1H. The van der Waals surface area contributed by atoms with E-state index in [1.807, 2.05) is 24.3 Å². The lowest BCUT2D eigenvalue weighted by Gasteiger charge is -2.25. The minimum atomic E-state index is -0.333. The zero-order valence-corrected chi connectivity index (χ0v) is 13.5. The number of rotatable bonds is 4. The summed E-state index contributed by atoms with van der Waals surface area (Å²) in [5.74, 6) is 0.1000. The summed E-state index contributed by atoms with van der Waals surface area (Å²) in [6, 6.07) is 7.32. The molecular weight excluding hydrogens is 344 g/mol. The summed E-state index contributed by atoms with van der Waals surface area (Å²) in [4.78, 5) is 12.2. The fourth-order valence-electron chi connectivity index (χ4n) is 2.33. The van der Waals surface area contributed by atoms with E-state index in [-0.39, 0.29) is 36.9 Å². The number of benzene rings is 1. The molecule has 6 heteroatoms. The highest BCUT2D eigenvalue weighted by Crippen LogP contribution is 2.19. The lowest BCUT2D eigenvalue weighted by molar-refractivity contribution is -0.126. The van der Waals surface area contributed by atoms with Crippen molar-refractivity contribution in [2.75, 3.05) is 19.7 Å². The summed E-state index contributed by atoms with van der Waals surface area (Å²) in [6.07, 6.45) is 1.73. The van der Waals surface area contributed by atoms with Crippen molar-refractivity contribution < 1.29 is 9.90 Å². The van der Waals surface area contributed by atoms with E-state index in [1.165, 1.54) is 0 Å². The Bertz CT molecular complexity index is 439. The van der Waals surface area contributed by atoms with E-state index in [0.717, 1.165) is 36.0 Å². The molecule has 4 nitrogen and oxygen atoms in total. The number of amides is 1. The molecule has 1 aromatic carbocycles. The van der Waals surface area contributed by atoms with Crippen molar-refractivity contribution >= 4 is 34.2 Å². The molecule has 1 fully saturated rings. The highest BCUT2D eigenvalue weighted by molar-refractivity contribution is 9.10. The van der Waals surface area contributed by atoms with Crippen LogP contribution in [0, 0.1) is 5.92 Å². The van der Waals surface area contributed by atoms with Crippen molar-refractivity contribution in [1.82, 2.24) is 10.6 Å². The van der Waals surface area contributed by atoms with Crippen LogP contribution in [-0.4, -0.2) is 30.7 Å². The van der Waals surface area contributed by atoms with Gasteiger partial charge in [-0.05, 0) is 43.6 Å². The maximum atomic E-state index is 12.2. The molecule has 1 heterocycles. The van der Waals surface area contributed by atoms with Crippen LogP contribution in [0.5, 0.6) is 0 Å². The maximum absolute atomic E-state index is 12.2. The van der Waals surface area contributed by atoms with Crippen LogP contribution in [0.4, 0.5) is 0 Å². The number of aliphatic hydroxyl groups is 1. The highest BCUT2D eigenvalue weighted by atomic mass is 79.9. The van der Waals surface area contributed by atoms with Crippen LogP contribution in [0.3, 0.4) is 0 Å². The molecule has 0 saturated carbocycles.